The zero-order valence-electron chi connectivity index (χ0n) is 14.1. The third-order valence-electron chi connectivity index (χ3n) is 4.00. The Balaban J connectivity index is 2.42. The van der Waals surface area contributed by atoms with Crippen LogP contribution in [-0.4, -0.2) is 31.9 Å². The van der Waals surface area contributed by atoms with Crippen LogP contribution in [0.2, 0.25) is 0 Å². The molecule has 0 aromatic heterocycles. The maximum absolute atomic E-state index is 15.1. The highest BCUT2D eigenvalue weighted by Crippen LogP contribution is 2.43. The third kappa shape index (κ3) is 2.69. The third-order valence-corrected chi connectivity index (χ3v) is 4.00. The van der Waals surface area contributed by atoms with Crippen LogP contribution >= 0.6 is 0 Å². The second-order valence-corrected chi connectivity index (χ2v) is 5.40. The SMILES string of the molecule is CCOC(=O)c1cc(O)c2c(OC)c3cc(OC)ccc3c(F)c2c1. The Bertz CT molecular complexity index is 981. The van der Waals surface area contributed by atoms with Crippen LogP contribution in [0.25, 0.3) is 21.5 Å². The van der Waals surface area contributed by atoms with E-state index in [1.54, 1.807) is 25.1 Å². The van der Waals surface area contributed by atoms with E-state index in [2.05, 4.69) is 0 Å². The van der Waals surface area contributed by atoms with E-state index in [9.17, 15) is 9.90 Å². The number of esters is 1. The van der Waals surface area contributed by atoms with Gasteiger partial charge in [-0.2, -0.15) is 0 Å². The average Bonchev–Trinajstić information content (AvgIpc) is 2.62. The van der Waals surface area contributed by atoms with Crippen molar-refractivity contribution in [2.75, 3.05) is 20.8 Å². The fourth-order valence-corrected chi connectivity index (χ4v) is 2.89. The number of hydrogen-bond acceptors (Lipinski definition) is 5. The molecule has 0 spiro atoms. The highest BCUT2D eigenvalue weighted by molar-refractivity contribution is 6.10. The first-order valence-corrected chi connectivity index (χ1v) is 7.68. The van der Waals surface area contributed by atoms with Crippen molar-refractivity contribution >= 4 is 27.5 Å². The number of methoxy groups -OCH3 is 2. The zero-order chi connectivity index (χ0) is 18.1. The summed E-state index contributed by atoms with van der Waals surface area (Å²) in [6.07, 6.45) is 0. The van der Waals surface area contributed by atoms with Crippen LogP contribution in [0.1, 0.15) is 17.3 Å². The Labute approximate surface area is 143 Å². The van der Waals surface area contributed by atoms with Gasteiger partial charge in [0, 0.05) is 16.2 Å². The lowest BCUT2D eigenvalue weighted by Gasteiger charge is -2.15. The minimum atomic E-state index is -0.632. The number of carbonyl (C=O) groups excluding carboxylic acids is 1. The van der Waals surface area contributed by atoms with E-state index in [1.807, 2.05) is 0 Å². The standard InChI is InChI=1S/C19H17FO5/c1-4-25-19(22)10-7-14-16(15(21)8-10)18(24-3)13-9-11(23-2)5-6-12(13)17(14)20/h5-9,21H,4H2,1-3H3. The van der Waals surface area contributed by atoms with E-state index in [1.165, 1.54) is 26.4 Å². The van der Waals surface area contributed by atoms with E-state index in [-0.39, 0.29) is 28.7 Å². The van der Waals surface area contributed by atoms with Crippen LogP contribution in [0.15, 0.2) is 30.3 Å². The predicted molar refractivity (Wildman–Crippen MR) is 92.1 cm³/mol. The highest BCUT2D eigenvalue weighted by Gasteiger charge is 2.21. The smallest absolute Gasteiger partial charge is 0.338 e. The monoisotopic (exact) mass is 344 g/mol. The Kier molecular flexibility index (Phi) is 4.35. The molecule has 0 aliphatic carbocycles. The van der Waals surface area contributed by atoms with E-state index < -0.39 is 11.8 Å². The largest absolute Gasteiger partial charge is 0.507 e. The van der Waals surface area contributed by atoms with Gasteiger partial charge in [-0.25, -0.2) is 9.18 Å². The number of halogens is 1. The van der Waals surface area contributed by atoms with Crippen molar-refractivity contribution < 1.29 is 28.5 Å². The van der Waals surface area contributed by atoms with Crippen LogP contribution in [0.3, 0.4) is 0 Å². The second-order valence-electron chi connectivity index (χ2n) is 5.40. The molecule has 0 aliphatic heterocycles. The van der Waals surface area contributed by atoms with Crippen LogP contribution in [-0.2, 0) is 4.74 Å². The summed E-state index contributed by atoms with van der Waals surface area (Å²) >= 11 is 0. The van der Waals surface area contributed by atoms with Gasteiger partial charge >= 0.3 is 5.97 Å². The number of ether oxygens (including phenoxy) is 3. The summed E-state index contributed by atoms with van der Waals surface area (Å²) < 4.78 is 30.6. The summed E-state index contributed by atoms with van der Waals surface area (Å²) in [4.78, 5) is 11.9. The lowest BCUT2D eigenvalue weighted by atomic mass is 9.98. The van der Waals surface area contributed by atoms with Crippen molar-refractivity contribution in [2.45, 2.75) is 6.92 Å². The number of hydrogen-bond donors (Lipinski definition) is 1. The molecule has 25 heavy (non-hydrogen) atoms. The van der Waals surface area contributed by atoms with E-state index in [0.717, 1.165) is 0 Å². The molecule has 130 valence electrons. The minimum absolute atomic E-state index is 0.0701. The predicted octanol–water partition coefficient (Wildman–Crippen LogP) is 4.03. The Morgan fingerprint density at radius 3 is 2.48 bits per heavy atom. The molecule has 3 aromatic rings. The topological polar surface area (TPSA) is 65.0 Å². The summed E-state index contributed by atoms with van der Waals surface area (Å²) in [5.74, 6) is -0.616. The molecule has 0 unspecified atom stereocenters. The molecule has 0 saturated carbocycles. The molecule has 0 bridgehead atoms. The van der Waals surface area contributed by atoms with Crippen molar-refractivity contribution in [1.29, 1.82) is 0 Å². The highest BCUT2D eigenvalue weighted by atomic mass is 19.1. The van der Waals surface area contributed by atoms with Gasteiger partial charge in [0.1, 0.15) is 23.1 Å². The number of rotatable bonds is 4. The van der Waals surface area contributed by atoms with Crippen LogP contribution in [0.4, 0.5) is 4.39 Å². The Hall–Kier alpha value is -3.02. The molecule has 0 radical (unpaired) electrons. The maximum Gasteiger partial charge on any atom is 0.338 e. The van der Waals surface area contributed by atoms with Crippen molar-refractivity contribution in [1.82, 2.24) is 0 Å². The van der Waals surface area contributed by atoms with Gasteiger partial charge in [-0.1, -0.05) is 0 Å². The maximum atomic E-state index is 15.1. The Morgan fingerprint density at radius 1 is 1.08 bits per heavy atom. The quantitative estimate of drug-likeness (QED) is 0.572. The fourth-order valence-electron chi connectivity index (χ4n) is 2.89. The molecular formula is C19H17FO5. The lowest BCUT2D eigenvalue weighted by molar-refractivity contribution is 0.0526. The minimum Gasteiger partial charge on any atom is -0.507 e. The molecule has 0 fully saturated rings. The normalized spacial score (nSPS) is 10.9. The molecule has 0 amide bonds. The first-order chi connectivity index (χ1) is 12.0. The summed E-state index contributed by atoms with van der Waals surface area (Å²) in [5, 5.41) is 11.4. The van der Waals surface area contributed by atoms with E-state index in [4.69, 9.17) is 14.2 Å². The number of phenols is 1. The Morgan fingerprint density at radius 2 is 1.84 bits per heavy atom. The van der Waals surface area contributed by atoms with Crippen LogP contribution in [0.5, 0.6) is 17.2 Å². The first kappa shape index (κ1) is 16.8. The molecule has 3 aromatic carbocycles. The molecule has 0 aliphatic rings. The van der Waals surface area contributed by atoms with Crippen molar-refractivity contribution in [3.8, 4) is 17.2 Å². The molecule has 3 rings (SSSR count). The number of carbonyl (C=O) groups is 1. The van der Waals surface area contributed by atoms with Gasteiger partial charge in [0.2, 0.25) is 0 Å². The molecule has 5 nitrogen and oxygen atoms in total. The van der Waals surface area contributed by atoms with Crippen molar-refractivity contribution in [2.24, 2.45) is 0 Å². The summed E-state index contributed by atoms with van der Waals surface area (Å²) in [6.45, 7) is 1.85. The average molecular weight is 344 g/mol. The molecule has 0 heterocycles. The van der Waals surface area contributed by atoms with Crippen LogP contribution < -0.4 is 9.47 Å². The molecular weight excluding hydrogens is 327 g/mol. The molecule has 1 N–H and O–H groups in total. The zero-order valence-corrected chi connectivity index (χ0v) is 14.1. The number of benzene rings is 3. The summed E-state index contributed by atoms with van der Waals surface area (Å²) in [5.41, 5.74) is 0.0701. The summed E-state index contributed by atoms with van der Waals surface area (Å²) in [6, 6.07) is 7.43. The van der Waals surface area contributed by atoms with Crippen LogP contribution in [0, 0.1) is 5.82 Å². The van der Waals surface area contributed by atoms with Gasteiger partial charge in [0.05, 0.1) is 31.8 Å². The molecule has 6 heteroatoms. The first-order valence-electron chi connectivity index (χ1n) is 7.68. The fraction of sp³-hybridized carbons (Fsp3) is 0.211. The second kappa shape index (κ2) is 6.47. The van der Waals surface area contributed by atoms with Gasteiger partial charge in [-0.3, -0.25) is 0 Å². The van der Waals surface area contributed by atoms with Gasteiger partial charge < -0.3 is 19.3 Å². The van der Waals surface area contributed by atoms with Crippen molar-refractivity contribution in [3.05, 3.63) is 41.7 Å². The van der Waals surface area contributed by atoms with Gasteiger partial charge in [0.25, 0.3) is 0 Å². The van der Waals surface area contributed by atoms with Crippen molar-refractivity contribution in [3.63, 3.8) is 0 Å². The lowest BCUT2D eigenvalue weighted by Crippen LogP contribution is -2.05. The molecule has 0 atom stereocenters. The van der Waals surface area contributed by atoms with E-state index >= 15 is 4.39 Å². The van der Waals surface area contributed by atoms with Gasteiger partial charge in [-0.05, 0) is 37.3 Å². The number of fused-ring (bicyclic) bond motifs is 2. The van der Waals surface area contributed by atoms with Gasteiger partial charge in [-0.15, -0.1) is 0 Å². The van der Waals surface area contributed by atoms with E-state index in [0.29, 0.717) is 22.3 Å². The molecule has 0 saturated heterocycles. The van der Waals surface area contributed by atoms with Gasteiger partial charge in [0.15, 0.2) is 0 Å². The summed E-state index contributed by atoms with van der Waals surface area (Å²) in [7, 11) is 2.94. The number of phenolic OH excluding ortho intramolecular Hbond substituents is 1. The number of aromatic hydroxyl groups is 1.